The third-order valence-electron chi connectivity index (χ3n) is 5.81. The molecular weight excluding hydrogens is 406 g/mol. The number of ether oxygens (including phenoxy) is 2. The number of morpholine rings is 1. The van der Waals surface area contributed by atoms with Crippen LogP contribution < -0.4 is 10.3 Å². The van der Waals surface area contributed by atoms with Crippen molar-refractivity contribution in [2.75, 3.05) is 39.5 Å². The monoisotopic (exact) mass is 433 g/mol. The molecule has 2 fully saturated rings. The number of rotatable bonds is 8. The zero-order valence-electron chi connectivity index (χ0n) is 18.0. The SMILES string of the molecule is O=c1ccc(C2CC2)nn1Cc1cccc(-c2ncc(OCCN3CCOCC3)cn2)c1. The van der Waals surface area contributed by atoms with E-state index >= 15 is 0 Å². The van der Waals surface area contributed by atoms with Gasteiger partial charge in [-0.2, -0.15) is 5.10 Å². The highest BCUT2D eigenvalue weighted by molar-refractivity contribution is 5.56. The Kier molecular flexibility index (Phi) is 6.22. The van der Waals surface area contributed by atoms with Crippen LogP contribution in [0.4, 0.5) is 0 Å². The Hall–Kier alpha value is -3.10. The topological polar surface area (TPSA) is 82.4 Å². The summed E-state index contributed by atoms with van der Waals surface area (Å²) in [5, 5.41) is 4.55. The van der Waals surface area contributed by atoms with Crippen LogP contribution in [0, 0.1) is 0 Å². The number of hydrogen-bond donors (Lipinski definition) is 0. The predicted octanol–water partition coefficient (Wildman–Crippen LogP) is 2.34. The summed E-state index contributed by atoms with van der Waals surface area (Å²) in [6.07, 6.45) is 5.73. The molecule has 0 N–H and O–H groups in total. The van der Waals surface area contributed by atoms with Gasteiger partial charge in [0.05, 0.1) is 37.8 Å². The molecule has 1 aromatic carbocycles. The minimum absolute atomic E-state index is 0.0883. The molecule has 0 unspecified atom stereocenters. The van der Waals surface area contributed by atoms with Gasteiger partial charge in [0.15, 0.2) is 11.6 Å². The number of aromatic nitrogens is 4. The quantitative estimate of drug-likeness (QED) is 0.539. The average Bonchev–Trinajstić information content (AvgIpc) is 3.68. The minimum atomic E-state index is -0.0883. The molecule has 5 rings (SSSR count). The lowest BCUT2D eigenvalue weighted by molar-refractivity contribution is 0.0322. The molecular formula is C24H27N5O3. The van der Waals surface area contributed by atoms with Crippen molar-refractivity contribution in [2.45, 2.75) is 25.3 Å². The van der Waals surface area contributed by atoms with Crippen molar-refractivity contribution in [1.29, 1.82) is 0 Å². The van der Waals surface area contributed by atoms with Crippen LogP contribution in [-0.2, 0) is 11.3 Å². The van der Waals surface area contributed by atoms with E-state index in [1.54, 1.807) is 23.1 Å². The van der Waals surface area contributed by atoms with E-state index in [0.717, 1.165) is 62.5 Å². The number of hydrogen-bond acceptors (Lipinski definition) is 7. The summed E-state index contributed by atoms with van der Waals surface area (Å²) in [6.45, 7) is 5.35. The standard InChI is InChI=1S/C24H27N5O3/c30-23-7-6-22(19-4-5-19)27-29(23)17-18-2-1-3-20(14-18)24-25-15-21(16-26-24)32-13-10-28-8-11-31-12-9-28/h1-3,6-7,14-16,19H,4-5,8-13,17H2. The van der Waals surface area contributed by atoms with Gasteiger partial charge >= 0.3 is 0 Å². The fourth-order valence-corrected chi connectivity index (χ4v) is 3.81. The highest BCUT2D eigenvalue weighted by Crippen LogP contribution is 2.38. The van der Waals surface area contributed by atoms with Crippen LogP contribution in [-0.4, -0.2) is 64.1 Å². The Morgan fingerprint density at radius 2 is 1.88 bits per heavy atom. The van der Waals surface area contributed by atoms with Crippen molar-refractivity contribution in [3.8, 4) is 17.1 Å². The first-order valence-electron chi connectivity index (χ1n) is 11.2. The molecule has 0 radical (unpaired) electrons. The van der Waals surface area contributed by atoms with Gasteiger partial charge in [0.1, 0.15) is 6.61 Å². The van der Waals surface area contributed by atoms with Gasteiger partial charge in [-0.3, -0.25) is 9.69 Å². The first-order chi connectivity index (χ1) is 15.7. The Bertz CT molecular complexity index is 1110. The Balaban J connectivity index is 1.22. The zero-order chi connectivity index (χ0) is 21.8. The fraction of sp³-hybridized carbons (Fsp3) is 0.417. The van der Waals surface area contributed by atoms with Crippen molar-refractivity contribution in [2.24, 2.45) is 0 Å². The van der Waals surface area contributed by atoms with Crippen LogP contribution in [0.1, 0.15) is 30.0 Å². The Morgan fingerprint density at radius 1 is 1.06 bits per heavy atom. The predicted molar refractivity (Wildman–Crippen MR) is 120 cm³/mol. The second-order valence-corrected chi connectivity index (χ2v) is 8.27. The van der Waals surface area contributed by atoms with Gasteiger partial charge in [-0.25, -0.2) is 14.6 Å². The van der Waals surface area contributed by atoms with Gasteiger partial charge in [-0.15, -0.1) is 0 Å². The molecule has 0 bridgehead atoms. The second kappa shape index (κ2) is 9.58. The van der Waals surface area contributed by atoms with Gasteiger partial charge in [-0.1, -0.05) is 18.2 Å². The molecule has 0 amide bonds. The zero-order valence-corrected chi connectivity index (χ0v) is 18.0. The molecule has 2 aromatic heterocycles. The van der Waals surface area contributed by atoms with Crippen molar-refractivity contribution < 1.29 is 9.47 Å². The third-order valence-corrected chi connectivity index (χ3v) is 5.81. The number of nitrogens with zero attached hydrogens (tertiary/aromatic N) is 5. The minimum Gasteiger partial charge on any atom is -0.489 e. The lowest BCUT2D eigenvalue weighted by atomic mass is 10.1. The van der Waals surface area contributed by atoms with E-state index in [4.69, 9.17) is 9.47 Å². The highest BCUT2D eigenvalue weighted by Gasteiger charge is 2.25. The molecule has 1 saturated carbocycles. The van der Waals surface area contributed by atoms with Crippen LogP contribution in [0.5, 0.6) is 5.75 Å². The van der Waals surface area contributed by atoms with Crippen LogP contribution in [0.3, 0.4) is 0 Å². The summed E-state index contributed by atoms with van der Waals surface area (Å²) < 4.78 is 12.7. The normalized spacial score (nSPS) is 16.8. The number of benzene rings is 1. The van der Waals surface area contributed by atoms with E-state index in [1.807, 2.05) is 30.3 Å². The van der Waals surface area contributed by atoms with E-state index in [-0.39, 0.29) is 5.56 Å². The Labute approximate surface area is 186 Å². The molecule has 8 nitrogen and oxygen atoms in total. The van der Waals surface area contributed by atoms with Crippen molar-refractivity contribution in [3.05, 3.63) is 70.4 Å². The molecule has 8 heteroatoms. The second-order valence-electron chi connectivity index (χ2n) is 8.27. The third kappa shape index (κ3) is 5.20. The maximum Gasteiger partial charge on any atom is 0.267 e. The summed E-state index contributed by atoms with van der Waals surface area (Å²) >= 11 is 0. The molecule has 0 atom stereocenters. The van der Waals surface area contributed by atoms with E-state index < -0.39 is 0 Å². The molecule has 2 aliphatic rings. The average molecular weight is 434 g/mol. The van der Waals surface area contributed by atoms with Crippen LogP contribution in [0.25, 0.3) is 11.4 Å². The molecule has 1 aliphatic carbocycles. The fourth-order valence-electron chi connectivity index (χ4n) is 3.81. The summed E-state index contributed by atoms with van der Waals surface area (Å²) in [5.74, 6) is 1.79. The summed E-state index contributed by atoms with van der Waals surface area (Å²) in [7, 11) is 0. The summed E-state index contributed by atoms with van der Waals surface area (Å²) in [6, 6.07) is 11.4. The van der Waals surface area contributed by atoms with Crippen LogP contribution in [0.2, 0.25) is 0 Å². The van der Waals surface area contributed by atoms with Gasteiger partial charge in [0.2, 0.25) is 0 Å². The lowest BCUT2D eigenvalue weighted by Crippen LogP contribution is -2.38. The molecule has 3 aromatic rings. The summed E-state index contributed by atoms with van der Waals surface area (Å²) in [4.78, 5) is 23.5. The van der Waals surface area contributed by atoms with Gasteiger partial charge in [-0.05, 0) is 30.5 Å². The van der Waals surface area contributed by atoms with E-state index in [0.29, 0.717) is 30.6 Å². The Morgan fingerprint density at radius 3 is 2.66 bits per heavy atom. The lowest BCUT2D eigenvalue weighted by Gasteiger charge is -2.26. The van der Waals surface area contributed by atoms with Gasteiger partial charge < -0.3 is 9.47 Å². The van der Waals surface area contributed by atoms with Gasteiger partial charge in [0, 0.05) is 37.2 Å². The van der Waals surface area contributed by atoms with E-state index in [9.17, 15) is 4.79 Å². The highest BCUT2D eigenvalue weighted by atomic mass is 16.5. The van der Waals surface area contributed by atoms with Crippen molar-refractivity contribution in [3.63, 3.8) is 0 Å². The summed E-state index contributed by atoms with van der Waals surface area (Å²) in [5.41, 5.74) is 2.80. The molecule has 3 heterocycles. The van der Waals surface area contributed by atoms with E-state index in [2.05, 4.69) is 20.0 Å². The maximum absolute atomic E-state index is 12.3. The first-order valence-corrected chi connectivity index (χ1v) is 11.2. The van der Waals surface area contributed by atoms with Gasteiger partial charge in [0.25, 0.3) is 5.56 Å². The van der Waals surface area contributed by atoms with Crippen molar-refractivity contribution >= 4 is 0 Å². The maximum atomic E-state index is 12.3. The smallest absolute Gasteiger partial charge is 0.267 e. The largest absolute Gasteiger partial charge is 0.489 e. The first kappa shape index (κ1) is 20.8. The van der Waals surface area contributed by atoms with Crippen LogP contribution in [0.15, 0.2) is 53.6 Å². The van der Waals surface area contributed by atoms with E-state index in [1.165, 1.54) is 0 Å². The van der Waals surface area contributed by atoms with Crippen molar-refractivity contribution in [1.82, 2.24) is 24.6 Å². The molecule has 166 valence electrons. The van der Waals surface area contributed by atoms with Crippen LogP contribution >= 0.6 is 0 Å². The molecule has 1 aliphatic heterocycles. The molecule has 0 spiro atoms. The molecule has 32 heavy (non-hydrogen) atoms. The molecule has 1 saturated heterocycles.